The normalized spacial score (nSPS) is 19.3. The Hall–Kier alpha value is -2.01. The second-order valence-corrected chi connectivity index (χ2v) is 4.60. The van der Waals surface area contributed by atoms with Crippen LogP contribution < -0.4 is 10.5 Å². The second kappa shape index (κ2) is 5.32. The van der Waals surface area contributed by atoms with Crippen LogP contribution in [-0.2, 0) is 4.74 Å². The molecule has 3 rings (SSSR count). The number of aromatic nitrogens is 1. The third-order valence-corrected chi connectivity index (χ3v) is 3.10. The molecule has 100 valence electrons. The summed E-state index contributed by atoms with van der Waals surface area (Å²) in [5.74, 6) is 1.16. The Morgan fingerprint density at radius 2 is 2.11 bits per heavy atom. The molecule has 0 spiro atoms. The number of nitrogens with two attached hydrogens (primary N) is 1. The molecule has 1 aliphatic rings. The maximum Gasteiger partial charge on any atom is 0.222 e. The van der Waals surface area contributed by atoms with Crippen molar-refractivity contribution in [3.8, 4) is 17.0 Å². The van der Waals surface area contributed by atoms with Crippen LogP contribution in [0.1, 0.15) is 12.8 Å². The predicted octanol–water partition coefficient (Wildman–Crippen LogP) is 2.48. The van der Waals surface area contributed by atoms with Gasteiger partial charge in [-0.2, -0.15) is 0 Å². The van der Waals surface area contributed by atoms with Crippen LogP contribution in [0.3, 0.4) is 0 Å². The van der Waals surface area contributed by atoms with Crippen LogP contribution >= 0.6 is 0 Å². The van der Waals surface area contributed by atoms with Crippen LogP contribution in [0.2, 0.25) is 0 Å². The third kappa shape index (κ3) is 2.88. The molecular formula is C14H16N2O3. The molecule has 19 heavy (non-hydrogen) atoms. The topological polar surface area (TPSA) is 70.5 Å². The van der Waals surface area contributed by atoms with E-state index in [0.717, 1.165) is 36.5 Å². The maximum atomic E-state index is 5.86. The van der Waals surface area contributed by atoms with Gasteiger partial charge in [-0.25, -0.2) is 0 Å². The van der Waals surface area contributed by atoms with Crippen molar-refractivity contribution < 1.29 is 14.0 Å². The van der Waals surface area contributed by atoms with Crippen molar-refractivity contribution in [1.29, 1.82) is 0 Å². The minimum absolute atomic E-state index is 0.155. The molecule has 1 saturated heterocycles. The number of rotatable bonds is 3. The van der Waals surface area contributed by atoms with Gasteiger partial charge >= 0.3 is 0 Å². The van der Waals surface area contributed by atoms with E-state index in [-0.39, 0.29) is 6.10 Å². The van der Waals surface area contributed by atoms with E-state index in [1.54, 1.807) is 6.07 Å². The van der Waals surface area contributed by atoms with Gasteiger partial charge in [0.05, 0.1) is 6.61 Å². The van der Waals surface area contributed by atoms with Crippen LogP contribution in [-0.4, -0.2) is 24.5 Å². The first kappa shape index (κ1) is 12.0. The summed E-state index contributed by atoms with van der Waals surface area (Å²) < 4.78 is 16.1. The Morgan fingerprint density at radius 1 is 1.26 bits per heavy atom. The predicted molar refractivity (Wildman–Crippen MR) is 70.8 cm³/mol. The van der Waals surface area contributed by atoms with Crippen molar-refractivity contribution in [2.75, 3.05) is 18.9 Å². The van der Waals surface area contributed by atoms with E-state index in [9.17, 15) is 0 Å². The second-order valence-electron chi connectivity index (χ2n) is 4.60. The van der Waals surface area contributed by atoms with Crippen molar-refractivity contribution >= 4 is 5.88 Å². The molecule has 5 nitrogen and oxygen atoms in total. The first-order valence-corrected chi connectivity index (χ1v) is 6.38. The molecule has 1 unspecified atom stereocenters. The lowest BCUT2D eigenvalue weighted by atomic mass is 10.1. The molecule has 0 radical (unpaired) electrons. The summed E-state index contributed by atoms with van der Waals surface area (Å²) in [5.41, 5.74) is 7.18. The molecule has 0 amide bonds. The Kier molecular flexibility index (Phi) is 3.37. The van der Waals surface area contributed by atoms with Crippen LogP contribution in [0.15, 0.2) is 34.9 Å². The van der Waals surface area contributed by atoms with Crippen LogP contribution in [0.25, 0.3) is 11.3 Å². The van der Waals surface area contributed by atoms with Gasteiger partial charge in [-0.3, -0.25) is 0 Å². The Balaban J connectivity index is 1.68. The summed E-state index contributed by atoms with van der Waals surface area (Å²) in [6, 6.07) is 9.43. The molecule has 1 aliphatic heterocycles. The van der Waals surface area contributed by atoms with Gasteiger partial charge in [0.2, 0.25) is 5.88 Å². The van der Waals surface area contributed by atoms with Crippen LogP contribution in [0, 0.1) is 0 Å². The highest BCUT2D eigenvalue weighted by atomic mass is 16.5. The molecule has 2 aromatic rings. The van der Waals surface area contributed by atoms with E-state index in [1.165, 1.54) is 0 Å². The molecule has 2 N–H and O–H groups in total. The van der Waals surface area contributed by atoms with Gasteiger partial charge < -0.3 is 19.7 Å². The average molecular weight is 260 g/mol. The van der Waals surface area contributed by atoms with Crippen molar-refractivity contribution in [3.05, 3.63) is 30.3 Å². The third-order valence-electron chi connectivity index (χ3n) is 3.10. The first-order chi connectivity index (χ1) is 9.31. The van der Waals surface area contributed by atoms with Crippen molar-refractivity contribution in [2.45, 2.75) is 18.9 Å². The van der Waals surface area contributed by atoms with Gasteiger partial charge in [0.1, 0.15) is 17.5 Å². The van der Waals surface area contributed by atoms with Gasteiger partial charge in [-0.15, -0.1) is 0 Å². The highest BCUT2D eigenvalue weighted by molar-refractivity contribution is 5.61. The largest absolute Gasteiger partial charge is 0.488 e. The molecule has 1 aromatic heterocycles. The van der Waals surface area contributed by atoms with Crippen LogP contribution in [0.4, 0.5) is 5.88 Å². The van der Waals surface area contributed by atoms with Gasteiger partial charge in [0.15, 0.2) is 0 Å². The monoisotopic (exact) mass is 260 g/mol. The number of anilines is 1. The highest BCUT2D eigenvalue weighted by Gasteiger charge is 2.15. The fraction of sp³-hybridized carbons (Fsp3) is 0.357. The lowest BCUT2D eigenvalue weighted by Crippen LogP contribution is -2.27. The number of ether oxygens (including phenoxy) is 2. The molecule has 1 aromatic carbocycles. The van der Waals surface area contributed by atoms with Crippen molar-refractivity contribution in [1.82, 2.24) is 5.16 Å². The van der Waals surface area contributed by atoms with E-state index in [1.807, 2.05) is 24.3 Å². The summed E-state index contributed by atoms with van der Waals surface area (Å²) in [6.07, 6.45) is 2.25. The van der Waals surface area contributed by atoms with Gasteiger partial charge in [-0.05, 0) is 37.1 Å². The zero-order chi connectivity index (χ0) is 13.1. The molecule has 1 fully saturated rings. The highest BCUT2D eigenvalue weighted by Crippen LogP contribution is 2.24. The number of nitrogens with zero attached hydrogens (tertiary/aromatic N) is 1. The molecule has 0 aliphatic carbocycles. The standard InChI is InChI=1S/C14H16N2O3/c15-14-8-13(16-19-14)10-3-5-11(6-4-10)18-12-2-1-7-17-9-12/h3-6,8,12H,1-2,7,9,15H2. The summed E-state index contributed by atoms with van der Waals surface area (Å²) in [6.45, 7) is 1.51. The fourth-order valence-corrected chi connectivity index (χ4v) is 2.13. The summed E-state index contributed by atoms with van der Waals surface area (Å²) in [5, 5.41) is 3.87. The zero-order valence-corrected chi connectivity index (χ0v) is 10.5. The first-order valence-electron chi connectivity index (χ1n) is 6.38. The van der Waals surface area contributed by atoms with E-state index in [4.69, 9.17) is 19.7 Å². The smallest absolute Gasteiger partial charge is 0.222 e. The quantitative estimate of drug-likeness (QED) is 0.918. The Bertz CT molecular complexity index is 530. The van der Waals surface area contributed by atoms with E-state index in [0.29, 0.717) is 12.5 Å². The van der Waals surface area contributed by atoms with E-state index < -0.39 is 0 Å². The molecule has 2 heterocycles. The van der Waals surface area contributed by atoms with Crippen LogP contribution in [0.5, 0.6) is 5.75 Å². The summed E-state index contributed by atoms with van der Waals surface area (Å²) >= 11 is 0. The zero-order valence-electron chi connectivity index (χ0n) is 10.5. The van der Waals surface area contributed by atoms with Gasteiger partial charge in [-0.1, -0.05) is 5.16 Å². The average Bonchev–Trinajstić information content (AvgIpc) is 2.87. The molecule has 0 bridgehead atoms. The number of benzene rings is 1. The Morgan fingerprint density at radius 3 is 2.74 bits per heavy atom. The molecule has 5 heteroatoms. The SMILES string of the molecule is Nc1cc(-c2ccc(OC3CCCOC3)cc2)no1. The van der Waals surface area contributed by atoms with E-state index in [2.05, 4.69) is 5.16 Å². The van der Waals surface area contributed by atoms with Gasteiger partial charge in [0.25, 0.3) is 0 Å². The fourth-order valence-electron chi connectivity index (χ4n) is 2.13. The van der Waals surface area contributed by atoms with Crippen molar-refractivity contribution in [3.63, 3.8) is 0 Å². The maximum absolute atomic E-state index is 5.86. The summed E-state index contributed by atoms with van der Waals surface area (Å²) in [4.78, 5) is 0. The number of hydrogen-bond acceptors (Lipinski definition) is 5. The van der Waals surface area contributed by atoms with Gasteiger partial charge in [0, 0.05) is 18.2 Å². The number of hydrogen-bond donors (Lipinski definition) is 1. The number of nitrogen functional groups attached to an aromatic ring is 1. The molecular weight excluding hydrogens is 244 g/mol. The van der Waals surface area contributed by atoms with Crippen molar-refractivity contribution in [2.24, 2.45) is 0 Å². The minimum Gasteiger partial charge on any atom is -0.488 e. The van der Waals surface area contributed by atoms with E-state index >= 15 is 0 Å². The summed E-state index contributed by atoms with van der Waals surface area (Å²) in [7, 11) is 0. The molecule has 1 atom stereocenters. The minimum atomic E-state index is 0.155. The lowest BCUT2D eigenvalue weighted by Gasteiger charge is -2.23. The Labute approximate surface area is 111 Å². The molecule has 0 saturated carbocycles. The lowest BCUT2D eigenvalue weighted by molar-refractivity contribution is 0.00744.